The van der Waals surface area contributed by atoms with E-state index in [4.69, 9.17) is 26.8 Å². The van der Waals surface area contributed by atoms with Crippen LogP contribution in [0, 0.1) is 11.6 Å². The number of fused-ring (bicyclic) bond motifs is 1. The number of rotatable bonds is 9. The number of anilines is 2. The van der Waals surface area contributed by atoms with Crippen LogP contribution in [-0.2, 0) is 20.9 Å². The van der Waals surface area contributed by atoms with Crippen LogP contribution >= 0.6 is 11.6 Å². The van der Waals surface area contributed by atoms with Gasteiger partial charge in [-0.25, -0.2) is 13.6 Å². The van der Waals surface area contributed by atoms with E-state index < -0.39 is 34.6 Å². The van der Waals surface area contributed by atoms with Crippen LogP contribution in [0.5, 0.6) is 0 Å². The van der Waals surface area contributed by atoms with Crippen molar-refractivity contribution in [1.82, 2.24) is 9.47 Å². The van der Waals surface area contributed by atoms with Crippen LogP contribution in [0.1, 0.15) is 43.1 Å². The summed E-state index contributed by atoms with van der Waals surface area (Å²) in [7, 11) is 3.61. The average Bonchev–Trinajstić information content (AvgIpc) is 2.85. The van der Waals surface area contributed by atoms with Gasteiger partial charge in [0.25, 0.3) is 0 Å². The fourth-order valence-corrected chi connectivity index (χ4v) is 4.33. The van der Waals surface area contributed by atoms with Gasteiger partial charge in [0.05, 0.1) is 45.8 Å². The molecule has 2 aromatic carbocycles. The topological polar surface area (TPSA) is 116 Å². The van der Waals surface area contributed by atoms with Crippen LogP contribution < -0.4 is 16.5 Å². The standard InChI is InChI=1S/C26H29ClF2N4O5/c1-6-21(32(4)5)31-23-18(29)9-15-24(22(23)27)33(11-16(25(15)35)26(36)37-7-2)20-10-19(30)17(28)8-14(20)12-38-13(3)34/h8-11,21,31H,6-7,12,30H2,1-5H3. The van der Waals surface area contributed by atoms with Crippen LogP contribution in [0.3, 0.4) is 0 Å². The molecule has 12 heteroatoms. The summed E-state index contributed by atoms with van der Waals surface area (Å²) in [6.07, 6.45) is 1.46. The number of nitrogen functional groups attached to an aromatic ring is 1. The Morgan fingerprint density at radius 3 is 2.42 bits per heavy atom. The van der Waals surface area contributed by atoms with E-state index in [1.165, 1.54) is 23.8 Å². The van der Waals surface area contributed by atoms with Crippen molar-refractivity contribution < 1.29 is 27.8 Å². The minimum atomic E-state index is -0.942. The molecule has 0 bridgehead atoms. The van der Waals surface area contributed by atoms with E-state index in [0.29, 0.717) is 6.42 Å². The predicted molar refractivity (Wildman–Crippen MR) is 142 cm³/mol. The largest absolute Gasteiger partial charge is 0.462 e. The molecule has 1 aromatic heterocycles. The highest BCUT2D eigenvalue weighted by atomic mass is 35.5. The third-order valence-corrected chi connectivity index (χ3v) is 6.25. The smallest absolute Gasteiger partial charge is 0.343 e. The molecule has 38 heavy (non-hydrogen) atoms. The first-order valence-electron chi connectivity index (χ1n) is 11.8. The Morgan fingerprint density at radius 1 is 1.16 bits per heavy atom. The molecule has 1 atom stereocenters. The van der Waals surface area contributed by atoms with Crippen LogP contribution in [0.25, 0.3) is 16.6 Å². The molecule has 1 unspecified atom stereocenters. The molecule has 0 fully saturated rings. The highest BCUT2D eigenvalue weighted by Gasteiger charge is 2.25. The van der Waals surface area contributed by atoms with Gasteiger partial charge in [-0.2, -0.15) is 0 Å². The Bertz CT molecular complexity index is 1460. The zero-order valence-electron chi connectivity index (χ0n) is 21.7. The van der Waals surface area contributed by atoms with Gasteiger partial charge in [0.2, 0.25) is 5.43 Å². The third kappa shape index (κ3) is 5.73. The van der Waals surface area contributed by atoms with Crippen molar-refractivity contribution in [3.8, 4) is 5.69 Å². The Morgan fingerprint density at radius 2 is 1.84 bits per heavy atom. The number of ether oxygens (including phenoxy) is 2. The number of carbonyl (C=O) groups is 2. The van der Waals surface area contributed by atoms with Crippen LogP contribution in [0.2, 0.25) is 5.02 Å². The van der Waals surface area contributed by atoms with Gasteiger partial charge in [0.1, 0.15) is 23.8 Å². The number of nitrogens with one attached hydrogen (secondary N) is 1. The molecule has 0 saturated heterocycles. The summed E-state index contributed by atoms with van der Waals surface area (Å²) in [4.78, 5) is 39.3. The van der Waals surface area contributed by atoms with Crippen molar-refractivity contribution in [2.75, 3.05) is 31.8 Å². The Hall–Kier alpha value is -3.70. The molecule has 0 aliphatic rings. The molecular weight excluding hydrogens is 522 g/mol. The molecule has 0 amide bonds. The zero-order chi connectivity index (χ0) is 28.3. The number of carbonyl (C=O) groups excluding carboxylic acids is 2. The maximum absolute atomic E-state index is 15.4. The number of nitrogens with zero attached hydrogens (tertiary/aromatic N) is 2. The van der Waals surface area contributed by atoms with Crippen molar-refractivity contribution >= 4 is 45.8 Å². The molecule has 3 aromatic rings. The van der Waals surface area contributed by atoms with Gasteiger partial charge in [-0.3, -0.25) is 14.5 Å². The lowest BCUT2D eigenvalue weighted by Crippen LogP contribution is -2.35. The van der Waals surface area contributed by atoms with Crippen molar-refractivity contribution in [1.29, 1.82) is 0 Å². The second kappa shape index (κ2) is 11.8. The van der Waals surface area contributed by atoms with E-state index in [2.05, 4.69) is 5.32 Å². The summed E-state index contributed by atoms with van der Waals surface area (Å²) in [6.45, 7) is 4.28. The van der Waals surface area contributed by atoms with Crippen molar-refractivity contribution in [2.45, 2.75) is 40.0 Å². The third-order valence-electron chi connectivity index (χ3n) is 5.89. The zero-order valence-corrected chi connectivity index (χ0v) is 22.4. The first-order valence-corrected chi connectivity index (χ1v) is 12.2. The summed E-state index contributed by atoms with van der Waals surface area (Å²) < 4.78 is 41.3. The lowest BCUT2D eigenvalue weighted by molar-refractivity contribution is -0.142. The normalized spacial score (nSPS) is 12.0. The number of esters is 2. The number of pyridine rings is 1. The average molecular weight is 551 g/mol. The number of benzene rings is 2. The van der Waals surface area contributed by atoms with Gasteiger partial charge in [-0.05, 0) is 45.6 Å². The summed E-state index contributed by atoms with van der Waals surface area (Å²) in [5.74, 6) is -3.15. The molecule has 0 saturated carbocycles. The molecule has 0 spiro atoms. The highest BCUT2D eigenvalue weighted by Crippen LogP contribution is 2.36. The van der Waals surface area contributed by atoms with Gasteiger partial charge >= 0.3 is 11.9 Å². The van der Waals surface area contributed by atoms with Crippen molar-refractivity contribution in [3.05, 3.63) is 62.4 Å². The second-order valence-corrected chi connectivity index (χ2v) is 9.10. The number of nitrogens with two attached hydrogens (primary N) is 1. The van der Waals surface area contributed by atoms with Gasteiger partial charge in [0, 0.05) is 18.7 Å². The number of aromatic nitrogens is 1. The first-order chi connectivity index (χ1) is 17.9. The minimum absolute atomic E-state index is 0.0155. The van der Waals surface area contributed by atoms with Gasteiger partial charge in [-0.1, -0.05) is 18.5 Å². The number of hydrogen-bond donors (Lipinski definition) is 2. The Labute approximate surface area is 223 Å². The summed E-state index contributed by atoms with van der Waals surface area (Å²) in [5, 5.41) is 2.67. The molecule has 0 radical (unpaired) electrons. The molecule has 3 rings (SSSR count). The SMILES string of the molecule is CCOC(=O)c1cn(-c2cc(N)c(F)cc2COC(C)=O)c2c(Cl)c(NC(CC)N(C)C)c(F)cc2c1=O. The molecule has 0 aliphatic carbocycles. The maximum atomic E-state index is 15.4. The monoisotopic (exact) mass is 550 g/mol. The Balaban J connectivity index is 2.46. The van der Waals surface area contributed by atoms with Crippen LogP contribution in [0.15, 0.2) is 29.2 Å². The number of halogens is 3. The van der Waals surface area contributed by atoms with E-state index in [1.54, 1.807) is 21.0 Å². The van der Waals surface area contributed by atoms with Gasteiger partial charge in [0.15, 0.2) is 0 Å². The minimum Gasteiger partial charge on any atom is -0.462 e. The van der Waals surface area contributed by atoms with Gasteiger partial charge < -0.3 is 25.1 Å². The first kappa shape index (κ1) is 28.9. The molecule has 204 valence electrons. The fourth-order valence-electron chi connectivity index (χ4n) is 3.99. The predicted octanol–water partition coefficient (Wildman–Crippen LogP) is 4.45. The molecule has 3 N–H and O–H groups in total. The van der Waals surface area contributed by atoms with E-state index in [1.807, 2.05) is 11.8 Å². The fraction of sp³-hybridized carbons (Fsp3) is 0.346. The van der Waals surface area contributed by atoms with Crippen LogP contribution in [0.4, 0.5) is 20.2 Å². The quantitative estimate of drug-likeness (QED) is 0.228. The summed E-state index contributed by atoms with van der Waals surface area (Å²) >= 11 is 6.74. The van der Waals surface area contributed by atoms with Crippen molar-refractivity contribution in [2.24, 2.45) is 0 Å². The van der Waals surface area contributed by atoms with E-state index in [9.17, 15) is 18.8 Å². The van der Waals surface area contributed by atoms with Crippen molar-refractivity contribution in [3.63, 3.8) is 0 Å². The molecule has 1 heterocycles. The van der Waals surface area contributed by atoms with E-state index in [0.717, 1.165) is 12.1 Å². The second-order valence-electron chi connectivity index (χ2n) is 8.72. The molecular formula is C26H29ClF2N4O5. The van der Waals surface area contributed by atoms with E-state index >= 15 is 4.39 Å². The van der Waals surface area contributed by atoms with E-state index in [-0.39, 0.29) is 57.9 Å². The summed E-state index contributed by atoms with van der Waals surface area (Å²) in [6, 6.07) is 3.29. The Kier molecular flexibility index (Phi) is 8.95. The number of hydrogen-bond acceptors (Lipinski definition) is 8. The lowest BCUT2D eigenvalue weighted by Gasteiger charge is -2.27. The lowest BCUT2D eigenvalue weighted by atomic mass is 10.1. The maximum Gasteiger partial charge on any atom is 0.343 e. The molecule has 9 nitrogen and oxygen atoms in total. The molecule has 0 aliphatic heterocycles. The van der Waals surface area contributed by atoms with Crippen LogP contribution in [-0.4, -0.2) is 48.3 Å². The summed E-state index contributed by atoms with van der Waals surface area (Å²) in [5.41, 5.74) is 4.64. The van der Waals surface area contributed by atoms with Gasteiger partial charge in [-0.15, -0.1) is 0 Å². The highest BCUT2D eigenvalue weighted by molar-refractivity contribution is 6.38.